The van der Waals surface area contributed by atoms with Gasteiger partial charge in [-0.15, -0.1) is 11.3 Å². The lowest BCUT2D eigenvalue weighted by Gasteiger charge is -2.51. The SMILES string of the molecule is Cc1nc(C(=O)N2CCC3(CCC3)CC2CNc2ccc(Cl)cn2)c(-c2ccc(F)cc2)s1. The Morgan fingerprint density at radius 2 is 2.03 bits per heavy atom. The molecule has 3 heterocycles. The van der Waals surface area contributed by atoms with Gasteiger partial charge in [0.2, 0.25) is 0 Å². The van der Waals surface area contributed by atoms with Crippen molar-refractivity contribution in [3.05, 3.63) is 64.1 Å². The second-order valence-corrected chi connectivity index (χ2v) is 10.8. The van der Waals surface area contributed by atoms with E-state index < -0.39 is 0 Å². The number of aryl methyl sites for hydroxylation is 1. The molecule has 5 nitrogen and oxygen atoms in total. The van der Waals surface area contributed by atoms with E-state index in [1.54, 1.807) is 24.4 Å². The van der Waals surface area contributed by atoms with Crippen LogP contribution in [0.25, 0.3) is 10.4 Å². The zero-order valence-corrected chi connectivity index (χ0v) is 20.1. The molecule has 1 amide bonds. The number of carbonyl (C=O) groups is 1. The van der Waals surface area contributed by atoms with Gasteiger partial charge in [0.1, 0.15) is 17.3 Å². The van der Waals surface area contributed by atoms with Crippen LogP contribution in [0.5, 0.6) is 0 Å². The number of rotatable bonds is 5. The Balaban J connectivity index is 1.40. The number of amides is 1. The van der Waals surface area contributed by atoms with Crippen LogP contribution in [0.3, 0.4) is 0 Å². The fourth-order valence-electron chi connectivity index (χ4n) is 5.04. The molecule has 8 heteroatoms. The summed E-state index contributed by atoms with van der Waals surface area (Å²) in [4.78, 5) is 25.5. The molecule has 172 valence electrons. The van der Waals surface area contributed by atoms with E-state index in [9.17, 15) is 9.18 Å². The number of halogens is 2. The predicted octanol–water partition coefficient (Wildman–Crippen LogP) is 6.19. The molecule has 1 saturated carbocycles. The van der Waals surface area contributed by atoms with Crippen molar-refractivity contribution in [3.8, 4) is 10.4 Å². The van der Waals surface area contributed by atoms with E-state index in [1.165, 1.54) is 42.7 Å². The summed E-state index contributed by atoms with van der Waals surface area (Å²) in [7, 11) is 0. The third-order valence-corrected chi connectivity index (χ3v) is 8.20. The van der Waals surface area contributed by atoms with Gasteiger partial charge in [-0.3, -0.25) is 4.79 Å². The van der Waals surface area contributed by atoms with E-state index in [4.69, 9.17) is 11.6 Å². The van der Waals surface area contributed by atoms with E-state index in [0.717, 1.165) is 40.7 Å². The molecule has 1 atom stereocenters. The van der Waals surface area contributed by atoms with Crippen LogP contribution in [0.15, 0.2) is 42.6 Å². The van der Waals surface area contributed by atoms with Crippen molar-refractivity contribution >= 4 is 34.7 Å². The van der Waals surface area contributed by atoms with Crippen molar-refractivity contribution in [2.75, 3.05) is 18.4 Å². The summed E-state index contributed by atoms with van der Waals surface area (Å²) in [6, 6.07) is 9.98. The van der Waals surface area contributed by atoms with Gasteiger partial charge in [0, 0.05) is 25.3 Å². The average molecular weight is 485 g/mol. The molecule has 1 N–H and O–H groups in total. The van der Waals surface area contributed by atoms with Crippen molar-refractivity contribution < 1.29 is 9.18 Å². The van der Waals surface area contributed by atoms with Crippen LogP contribution in [0, 0.1) is 18.2 Å². The number of pyridine rings is 1. The number of thiazole rings is 1. The normalized spacial score (nSPS) is 19.4. The van der Waals surface area contributed by atoms with Gasteiger partial charge >= 0.3 is 0 Å². The Kier molecular flexibility index (Phi) is 6.10. The van der Waals surface area contributed by atoms with Crippen molar-refractivity contribution in [2.45, 2.75) is 45.1 Å². The summed E-state index contributed by atoms with van der Waals surface area (Å²) in [5.74, 6) is 0.400. The van der Waals surface area contributed by atoms with Crippen molar-refractivity contribution in [1.29, 1.82) is 0 Å². The van der Waals surface area contributed by atoms with Crippen LogP contribution in [-0.4, -0.2) is 39.9 Å². The van der Waals surface area contributed by atoms with E-state index in [2.05, 4.69) is 15.3 Å². The number of nitrogens with one attached hydrogen (secondary N) is 1. The van der Waals surface area contributed by atoms with Gasteiger partial charge in [-0.25, -0.2) is 14.4 Å². The molecule has 2 fully saturated rings. The molecular formula is C25H26ClFN4OS. The molecule has 2 aromatic heterocycles. The number of hydrogen-bond acceptors (Lipinski definition) is 5. The molecule has 3 aromatic rings. The molecule has 0 bridgehead atoms. The Morgan fingerprint density at radius 1 is 1.24 bits per heavy atom. The third-order valence-electron chi connectivity index (χ3n) is 6.96. The van der Waals surface area contributed by atoms with Gasteiger partial charge < -0.3 is 10.2 Å². The van der Waals surface area contributed by atoms with Crippen molar-refractivity contribution in [2.24, 2.45) is 5.41 Å². The summed E-state index contributed by atoms with van der Waals surface area (Å²) in [5.41, 5.74) is 1.63. The fourth-order valence-corrected chi connectivity index (χ4v) is 6.07. The fraction of sp³-hybridized carbons (Fsp3) is 0.400. The maximum absolute atomic E-state index is 13.8. The van der Waals surface area contributed by atoms with Crippen LogP contribution in [-0.2, 0) is 0 Å². The Bertz CT molecular complexity index is 1140. The number of aromatic nitrogens is 2. The molecule has 1 saturated heterocycles. The van der Waals surface area contributed by atoms with E-state index in [-0.39, 0.29) is 17.8 Å². The highest BCUT2D eigenvalue weighted by atomic mass is 35.5. The summed E-state index contributed by atoms with van der Waals surface area (Å²) < 4.78 is 13.5. The average Bonchev–Trinajstić information content (AvgIpc) is 3.19. The quantitative estimate of drug-likeness (QED) is 0.469. The maximum atomic E-state index is 13.8. The summed E-state index contributed by atoms with van der Waals surface area (Å²) >= 11 is 7.44. The van der Waals surface area contributed by atoms with E-state index in [0.29, 0.717) is 22.7 Å². The number of benzene rings is 1. The predicted molar refractivity (Wildman–Crippen MR) is 130 cm³/mol. The Morgan fingerprint density at radius 3 is 2.70 bits per heavy atom. The third kappa shape index (κ3) is 4.62. The van der Waals surface area contributed by atoms with Gasteiger partial charge in [-0.2, -0.15) is 0 Å². The first kappa shape index (κ1) is 22.3. The molecule has 2 aliphatic rings. The molecule has 1 spiro atoms. The van der Waals surface area contributed by atoms with Gasteiger partial charge in [-0.1, -0.05) is 30.2 Å². The zero-order chi connectivity index (χ0) is 23.0. The molecule has 33 heavy (non-hydrogen) atoms. The largest absolute Gasteiger partial charge is 0.368 e. The lowest BCUT2D eigenvalue weighted by Crippen LogP contribution is -2.54. The molecule has 5 rings (SSSR count). The second-order valence-electron chi connectivity index (χ2n) is 9.12. The first-order valence-electron chi connectivity index (χ1n) is 11.3. The first-order chi connectivity index (χ1) is 15.9. The van der Waals surface area contributed by atoms with E-state index >= 15 is 0 Å². The second kappa shape index (κ2) is 9.03. The molecule has 0 radical (unpaired) electrons. The highest BCUT2D eigenvalue weighted by Crippen LogP contribution is 2.51. The minimum Gasteiger partial charge on any atom is -0.368 e. The highest BCUT2D eigenvalue weighted by molar-refractivity contribution is 7.15. The van der Waals surface area contributed by atoms with Gasteiger partial charge in [0.05, 0.1) is 14.9 Å². The molecular weight excluding hydrogens is 459 g/mol. The Hall–Kier alpha value is -2.51. The molecule has 1 aliphatic heterocycles. The highest BCUT2D eigenvalue weighted by Gasteiger charge is 2.45. The van der Waals surface area contributed by atoms with Gasteiger partial charge in [0.15, 0.2) is 0 Å². The first-order valence-corrected chi connectivity index (χ1v) is 12.5. The standard InChI is InChI=1S/C25H26ClFN4OS/c1-16-30-22(23(33-16)17-3-6-19(27)7-4-17)24(32)31-12-11-25(9-2-10-25)13-20(31)15-29-21-8-5-18(26)14-28-21/h3-8,14,20H,2,9-13,15H2,1H3,(H,28,29). The van der Waals surface area contributed by atoms with Crippen molar-refractivity contribution in [1.82, 2.24) is 14.9 Å². The number of anilines is 1. The summed E-state index contributed by atoms with van der Waals surface area (Å²) in [5, 5.41) is 4.82. The minimum absolute atomic E-state index is 0.0482. The number of nitrogens with zero attached hydrogens (tertiary/aromatic N) is 3. The zero-order valence-electron chi connectivity index (χ0n) is 18.5. The molecule has 1 aromatic carbocycles. The summed E-state index contributed by atoms with van der Waals surface area (Å²) in [6.45, 7) is 3.25. The number of hydrogen-bond donors (Lipinski definition) is 1. The van der Waals surface area contributed by atoms with Gasteiger partial charge in [0.25, 0.3) is 5.91 Å². The summed E-state index contributed by atoms with van der Waals surface area (Å²) in [6.07, 6.45) is 7.38. The van der Waals surface area contributed by atoms with Crippen LogP contribution in [0.4, 0.5) is 10.2 Å². The van der Waals surface area contributed by atoms with Crippen LogP contribution >= 0.6 is 22.9 Å². The Labute approximate surface area is 202 Å². The molecule has 1 aliphatic carbocycles. The lowest BCUT2D eigenvalue weighted by molar-refractivity contribution is 0.00307. The van der Waals surface area contributed by atoms with Crippen LogP contribution in [0.2, 0.25) is 5.02 Å². The number of piperidine rings is 1. The maximum Gasteiger partial charge on any atom is 0.274 e. The topological polar surface area (TPSA) is 58.1 Å². The van der Waals surface area contributed by atoms with Crippen LogP contribution in [0.1, 0.15) is 47.6 Å². The van der Waals surface area contributed by atoms with E-state index in [1.807, 2.05) is 17.9 Å². The number of likely N-dealkylation sites (tertiary alicyclic amines) is 1. The van der Waals surface area contributed by atoms with Gasteiger partial charge in [-0.05, 0) is 67.9 Å². The minimum atomic E-state index is -0.295. The smallest absolute Gasteiger partial charge is 0.274 e. The molecule has 1 unspecified atom stereocenters. The monoisotopic (exact) mass is 484 g/mol. The lowest BCUT2D eigenvalue weighted by atomic mass is 9.61. The number of carbonyl (C=O) groups excluding carboxylic acids is 1. The van der Waals surface area contributed by atoms with Crippen molar-refractivity contribution in [3.63, 3.8) is 0 Å². The van der Waals surface area contributed by atoms with Crippen LogP contribution < -0.4 is 5.32 Å².